The number of fused-ring (bicyclic) bond motifs is 1. The van der Waals surface area contributed by atoms with Crippen LogP contribution < -0.4 is 5.63 Å². The van der Waals surface area contributed by atoms with Crippen molar-refractivity contribution in [2.45, 2.75) is 44.1 Å². The molecule has 3 aromatic heterocycles. The number of benzene rings is 1. The minimum Gasteiger partial charge on any atom is -0.423 e. The summed E-state index contributed by atoms with van der Waals surface area (Å²) >= 11 is 7.96. The fraction of sp³-hybridized carbons (Fsp3) is 0.273. The third kappa shape index (κ3) is 4.13. The minimum absolute atomic E-state index is 0.366. The molecule has 0 aliphatic carbocycles. The van der Waals surface area contributed by atoms with Gasteiger partial charge in [-0.15, -0.1) is 10.2 Å². The first-order chi connectivity index (χ1) is 14.6. The number of rotatable bonds is 7. The first-order valence-corrected chi connectivity index (χ1v) is 11.2. The van der Waals surface area contributed by atoms with Gasteiger partial charge in [-0.05, 0) is 48.2 Å². The molecule has 0 aliphatic heterocycles. The highest BCUT2D eigenvalue weighted by molar-refractivity contribution is 7.98. The maximum Gasteiger partial charge on any atom is 0.336 e. The molecule has 0 fully saturated rings. The Labute approximate surface area is 183 Å². The highest BCUT2D eigenvalue weighted by atomic mass is 35.5. The molecule has 0 N–H and O–H groups in total. The minimum atomic E-state index is -0.366. The van der Waals surface area contributed by atoms with Gasteiger partial charge < -0.3 is 8.98 Å². The Morgan fingerprint density at radius 2 is 1.90 bits per heavy atom. The molecule has 0 radical (unpaired) electrons. The molecule has 154 valence electrons. The van der Waals surface area contributed by atoms with Crippen molar-refractivity contribution in [2.75, 3.05) is 0 Å². The predicted octanol–water partition coefficient (Wildman–Crippen LogP) is 5.36. The third-order valence-corrected chi connectivity index (χ3v) is 6.20. The van der Waals surface area contributed by atoms with Gasteiger partial charge >= 0.3 is 5.63 Å². The Hall–Kier alpha value is -2.64. The van der Waals surface area contributed by atoms with Crippen molar-refractivity contribution < 1.29 is 4.42 Å². The molecule has 0 saturated heterocycles. The number of halogens is 1. The van der Waals surface area contributed by atoms with Crippen molar-refractivity contribution >= 4 is 34.3 Å². The predicted molar refractivity (Wildman–Crippen MR) is 120 cm³/mol. The summed E-state index contributed by atoms with van der Waals surface area (Å²) in [5.41, 5.74) is 3.00. The molecular formula is C22H21ClN4O2S. The summed E-state index contributed by atoms with van der Waals surface area (Å²) in [6.07, 6.45) is 5.22. The van der Waals surface area contributed by atoms with E-state index in [1.807, 2.05) is 31.2 Å². The number of aryl methyl sites for hydroxylation is 1. The van der Waals surface area contributed by atoms with E-state index >= 15 is 0 Å². The molecule has 3 heterocycles. The van der Waals surface area contributed by atoms with Crippen LogP contribution in [0.5, 0.6) is 0 Å². The van der Waals surface area contributed by atoms with E-state index in [-0.39, 0.29) is 5.63 Å². The molecule has 8 heteroatoms. The maximum absolute atomic E-state index is 12.1. The van der Waals surface area contributed by atoms with Gasteiger partial charge in [0.15, 0.2) is 11.0 Å². The molecule has 0 saturated carbocycles. The van der Waals surface area contributed by atoms with Crippen LogP contribution in [0.25, 0.3) is 22.4 Å². The van der Waals surface area contributed by atoms with Gasteiger partial charge in [-0.25, -0.2) is 4.79 Å². The summed E-state index contributed by atoms with van der Waals surface area (Å²) in [5.74, 6) is 1.37. The van der Waals surface area contributed by atoms with E-state index in [2.05, 4.69) is 26.7 Å². The van der Waals surface area contributed by atoms with E-state index in [0.717, 1.165) is 52.4 Å². The second-order valence-electron chi connectivity index (χ2n) is 6.87. The van der Waals surface area contributed by atoms with Gasteiger partial charge in [-0.2, -0.15) is 0 Å². The molecule has 6 nitrogen and oxygen atoms in total. The van der Waals surface area contributed by atoms with Crippen molar-refractivity contribution in [2.24, 2.45) is 0 Å². The zero-order chi connectivity index (χ0) is 21.1. The van der Waals surface area contributed by atoms with Crippen molar-refractivity contribution in [1.82, 2.24) is 19.7 Å². The smallest absolute Gasteiger partial charge is 0.336 e. The number of aromatic nitrogens is 4. The van der Waals surface area contributed by atoms with Gasteiger partial charge in [0.1, 0.15) is 5.58 Å². The molecular weight excluding hydrogens is 420 g/mol. The summed E-state index contributed by atoms with van der Waals surface area (Å²) in [7, 11) is 0. The van der Waals surface area contributed by atoms with Gasteiger partial charge in [0.2, 0.25) is 0 Å². The lowest BCUT2D eigenvalue weighted by Gasteiger charge is -2.10. The second-order valence-corrected chi connectivity index (χ2v) is 8.22. The van der Waals surface area contributed by atoms with Crippen LogP contribution >= 0.6 is 23.4 Å². The summed E-state index contributed by atoms with van der Waals surface area (Å²) in [6.45, 7) is 4.94. The zero-order valence-corrected chi connectivity index (χ0v) is 18.3. The monoisotopic (exact) mass is 440 g/mol. The topological polar surface area (TPSA) is 73.8 Å². The van der Waals surface area contributed by atoms with E-state index < -0.39 is 0 Å². The Morgan fingerprint density at radius 1 is 1.10 bits per heavy atom. The molecule has 1 aromatic carbocycles. The molecule has 30 heavy (non-hydrogen) atoms. The molecule has 0 aliphatic rings. The van der Waals surface area contributed by atoms with Crippen LogP contribution in [0, 0.1) is 0 Å². The SMILES string of the molecule is CCCn1c(SCc2cc(=O)oc3cc(CC)c(Cl)cc23)nnc1-c1ccncc1. The van der Waals surface area contributed by atoms with Gasteiger partial charge in [-0.1, -0.05) is 37.2 Å². The van der Waals surface area contributed by atoms with E-state index in [9.17, 15) is 4.79 Å². The number of hydrogen-bond donors (Lipinski definition) is 0. The van der Waals surface area contributed by atoms with Crippen LogP contribution in [0.15, 0.2) is 57.1 Å². The Morgan fingerprint density at radius 3 is 2.63 bits per heavy atom. The fourth-order valence-corrected chi connectivity index (χ4v) is 4.61. The highest BCUT2D eigenvalue weighted by Crippen LogP contribution is 2.31. The quantitative estimate of drug-likeness (QED) is 0.284. The van der Waals surface area contributed by atoms with E-state index in [1.54, 1.807) is 24.2 Å². The first kappa shape index (κ1) is 20.6. The Kier molecular flexibility index (Phi) is 6.20. The van der Waals surface area contributed by atoms with E-state index in [1.165, 1.54) is 6.07 Å². The third-order valence-electron chi connectivity index (χ3n) is 4.84. The van der Waals surface area contributed by atoms with E-state index in [0.29, 0.717) is 16.4 Å². The average Bonchev–Trinajstić information content (AvgIpc) is 3.15. The van der Waals surface area contributed by atoms with Crippen molar-refractivity contribution in [3.63, 3.8) is 0 Å². The van der Waals surface area contributed by atoms with Crippen LogP contribution in [-0.2, 0) is 18.7 Å². The van der Waals surface area contributed by atoms with E-state index in [4.69, 9.17) is 16.0 Å². The van der Waals surface area contributed by atoms with Gasteiger partial charge in [0.25, 0.3) is 0 Å². The van der Waals surface area contributed by atoms with Crippen molar-refractivity contribution in [3.8, 4) is 11.4 Å². The Bertz CT molecular complexity index is 1240. The standard InChI is InChI=1S/C22H21ClN4O2S/c1-3-9-27-21(15-5-7-24-8-6-15)25-26-22(27)30-13-16-11-20(28)29-19-10-14(4-2)18(23)12-17(16)19/h5-8,10-12H,3-4,9,13H2,1-2H3. The molecule has 0 amide bonds. The summed E-state index contributed by atoms with van der Waals surface area (Å²) in [6, 6.07) is 9.12. The molecule has 0 bridgehead atoms. The van der Waals surface area contributed by atoms with Crippen molar-refractivity contribution in [3.05, 3.63) is 69.3 Å². The molecule has 0 atom stereocenters. The summed E-state index contributed by atoms with van der Waals surface area (Å²) in [4.78, 5) is 16.2. The number of hydrogen-bond acceptors (Lipinski definition) is 6. The summed E-state index contributed by atoms with van der Waals surface area (Å²) < 4.78 is 7.52. The fourth-order valence-electron chi connectivity index (χ4n) is 3.36. The highest BCUT2D eigenvalue weighted by Gasteiger charge is 2.16. The zero-order valence-electron chi connectivity index (χ0n) is 16.8. The van der Waals surface area contributed by atoms with Crippen LogP contribution in [-0.4, -0.2) is 19.7 Å². The largest absolute Gasteiger partial charge is 0.423 e. The van der Waals surface area contributed by atoms with Crippen LogP contribution in [0.2, 0.25) is 5.02 Å². The lowest BCUT2D eigenvalue weighted by Crippen LogP contribution is -2.03. The first-order valence-electron chi connectivity index (χ1n) is 9.82. The number of nitrogens with zero attached hydrogens (tertiary/aromatic N) is 4. The molecule has 4 rings (SSSR count). The normalized spacial score (nSPS) is 11.3. The van der Waals surface area contributed by atoms with Crippen LogP contribution in [0.3, 0.4) is 0 Å². The maximum atomic E-state index is 12.1. The van der Waals surface area contributed by atoms with Crippen LogP contribution in [0.1, 0.15) is 31.4 Å². The lowest BCUT2D eigenvalue weighted by molar-refractivity contribution is 0.559. The average molecular weight is 441 g/mol. The lowest BCUT2D eigenvalue weighted by atomic mass is 10.1. The summed E-state index contributed by atoms with van der Waals surface area (Å²) in [5, 5.41) is 11.1. The second kappa shape index (κ2) is 9.02. The number of pyridine rings is 1. The molecule has 0 spiro atoms. The van der Waals surface area contributed by atoms with Crippen molar-refractivity contribution in [1.29, 1.82) is 0 Å². The van der Waals surface area contributed by atoms with Crippen LogP contribution in [0.4, 0.5) is 0 Å². The van der Waals surface area contributed by atoms with Gasteiger partial charge in [0, 0.05) is 46.7 Å². The molecule has 4 aromatic rings. The van der Waals surface area contributed by atoms with Gasteiger partial charge in [0.05, 0.1) is 0 Å². The molecule has 0 unspecified atom stereocenters. The number of thioether (sulfide) groups is 1. The Balaban J connectivity index is 1.68. The van der Waals surface area contributed by atoms with Gasteiger partial charge in [-0.3, -0.25) is 4.98 Å².